The van der Waals surface area contributed by atoms with Gasteiger partial charge in [-0.05, 0) is 20.8 Å². The van der Waals surface area contributed by atoms with Crippen LogP contribution >= 0.6 is 0 Å². The molecule has 8 nitrogen and oxygen atoms in total. The lowest BCUT2D eigenvalue weighted by Crippen LogP contribution is -2.54. The van der Waals surface area contributed by atoms with Gasteiger partial charge in [0.25, 0.3) is 0 Å². The molecule has 1 aromatic heterocycles. The zero-order valence-corrected chi connectivity index (χ0v) is 12.1. The molecule has 1 aliphatic rings. The van der Waals surface area contributed by atoms with Crippen LogP contribution in [-0.2, 0) is 4.79 Å². The number of nitrogens with one attached hydrogen (secondary N) is 1. The van der Waals surface area contributed by atoms with E-state index < -0.39 is 0 Å². The SMILES string of the molecule is CCN(CC)c1nc(N)nc(N2CCNC(=O)C2C)n1. The number of amides is 1. The zero-order chi connectivity index (χ0) is 14.7. The highest BCUT2D eigenvalue weighted by molar-refractivity contribution is 5.85. The van der Waals surface area contributed by atoms with Gasteiger partial charge in [-0.25, -0.2) is 0 Å². The van der Waals surface area contributed by atoms with E-state index in [1.807, 2.05) is 30.6 Å². The number of nitrogens with zero attached hydrogens (tertiary/aromatic N) is 5. The third kappa shape index (κ3) is 2.73. The molecule has 110 valence electrons. The predicted octanol–water partition coefficient (Wildman–Crippen LogP) is -0.375. The van der Waals surface area contributed by atoms with E-state index in [0.29, 0.717) is 25.0 Å². The molecule has 1 fully saturated rings. The Morgan fingerprint density at radius 3 is 2.70 bits per heavy atom. The Kier molecular flexibility index (Phi) is 4.21. The molecule has 0 saturated carbocycles. The summed E-state index contributed by atoms with van der Waals surface area (Å²) in [7, 11) is 0. The second-order valence-corrected chi connectivity index (χ2v) is 4.63. The number of hydrogen-bond acceptors (Lipinski definition) is 7. The summed E-state index contributed by atoms with van der Waals surface area (Å²) < 4.78 is 0. The molecule has 0 aliphatic carbocycles. The number of nitrogen functional groups attached to an aromatic ring is 1. The van der Waals surface area contributed by atoms with Gasteiger partial charge in [0.05, 0.1) is 0 Å². The molecule has 1 unspecified atom stereocenters. The summed E-state index contributed by atoms with van der Waals surface area (Å²) in [6.45, 7) is 8.69. The first kappa shape index (κ1) is 14.3. The molecule has 20 heavy (non-hydrogen) atoms. The number of rotatable bonds is 4. The van der Waals surface area contributed by atoms with Crippen LogP contribution in [0, 0.1) is 0 Å². The van der Waals surface area contributed by atoms with Crippen LogP contribution in [0.2, 0.25) is 0 Å². The maximum atomic E-state index is 11.7. The highest BCUT2D eigenvalue weighted by Crippen LogP contribution is 2.18. The molecule has 8 heteroatoms. The topological polar surface area (TPSA) is 100 Å². The molecular weight excluding hydrogens is 258 g/mol. The Morgan fingerprint density at radius 1 is 1.35 bits per heavy atom. The van der Waals surface area contributed by atoms with Gasteiger partial charge in [0.2, 0.25) is 23.8 Å². The first-order valence-corrected chi connectivity index (χ1v) is 6.87. The molecule has 3 N–H and O–H groups in total. The van der Waals surface area contributed by atoms with Crippen molar-refractivity contribution in [1.82, 2.24) is 20.3 Å². The third-order valence-corrected chi connectivity index (χ3v) is 3.43. The zero-order valence-electron chi connectivity index (χ0n) is 12.1. The lowest BCUT2D eigenvalue weighted by Gasteiger charge is -2.33. The van der Waals surface area contributed by atoms with E-state index in [0.717, 1.165) is 13.1 Å². The molecule has 1 aliphatic heterocycles. The Morgan fingerprint density at radius 2 is 2.05 bits per heavy atom. The van der Waals surface area contributed by atoms with Gasteiger partial charge in [-0.3, -0.25) is 4.79 Å². The summed E-state index contributed by atoms with van der Waals surface area (Å²) in [5.74, 6) is 1.16. The second kappa shape index (κ2) is 5.89. The fourth-order valence-corrected chi connectivity index (χ4v) is 2.20. The summed E-state index contributed by atoms with van der Waals surface area (Å²) >= 11 is 0. The van der Waals surface area contributed by atoms with Gasteiger partial charge < -0.3 is 20.9 Å². The normalized spacial score (nSPS) is 18.9. The molecule has 0 aromatic carbocycles. The Hall–Kier alpha value is -2.12. The summed E-state index contributed by atoms with van der Waals surface area (Å²) in [4.78, 5) is 28.4. The smallest absolute Gasteiger partial charge is 0.242 e. The standard InChI is InChI=1S/C12H21N7O/c1-4-18(5-2)11-15-10(13)16-12(17-11)19-7-6-14-9(20)8(19)3/h8H,4-7H2,1-3H3,(H,14,20)(H2,13,15,16,17). The van der Waals surface area contributed by atoms with E-state index in [1.54, 1.807) is 0 Å². The van der Waals surface area contributed by atoms with Gasteiger partial charge in [-0.15, -0.1) is 0 Å². The molecule has 2 heterocycles. The van der Waals surface area contributed by atoms with Crippen molar-refractivity contribution in [3.63, 3.8) is 0 Å². The van der Waals surface area contributed by atoms with E-state index in [4.69, 9.17) is 5.73 Å². The number of hydrogen-bond donors (Lipinski definition) is 2. The Bertz CT molecular complexity index is 489. The van der Waals surface area contributed by atoms with Crippen molar-refractivity contribution >= 4 is 23.8 Å². The molecule has 1 aromatic rings. The fraction of sp³-hybridized carbons (Fsp3) is 0.667. The molecule has 0 spiro atoms. The number of carbonyl (C=O) groups is 1. The van der Waals surface area contributed by atoms with Gasteiger partial charge in [0.15, 0.2) is 0 Å². The van der Waals surface area contributed by atoms with Crippen molar-refractivity contribution in [3.8, 4) is 0 Å². The van der Waals surface area contributed by atoms with Crippen LogP contribution < -0.4 is 20.9 Å². The van der Waals surface area contributed by atoms with E-state index in [-0.39, 0.29) is 17.9 Å². The monoisotopic (exact) mass is 279 g/mol. The average Bonchev–Trinajstić information content (AvgIpc) is 2.42. The number of nitrogens with two attached hydrogens (primary N) is 1. The minimum atomic E-state index is -0.310. The minimum Gasteiger partial charge on any atom is -0.368 e. The van der Waals surface area contributed by atoms with Crippen LogP contribution in [0.4, 0.5) is 17.8 Å². The second-order valence-electron chi connectivity index (χ2n) is 4.63. The largest absolute Gasteiger partial charge is 0.368 e. The quantitative estimate of drug-likeness (QED) is 0.775. The maximum Gasteiger partial charge on any atom is 0.242 e. The van der Waals surface area contributed by atoms with Gasteiger partial charge in [0, 0.05) is 26.2 Å². The molecule has 1 atom stereocenters. The first-order valence-electron chi connectivity index (χ1n) is 6.87. The summed E-state index contributed by atoms with van der Waals surface area (Å²) in [6, 6.07) is -0.310. The lowest BCUT2D eigenvalue weighted by molar-refractivity contribution is -0.122. The number of piperazine rings is 1. The maximum absolute atomic E-state index is 11.7. The van der Waals surface area contributed by atoms with Gasteiger partial charge in [-0.1, -0.05) is 0 Å². The summed E-state index contributed by atoms with van der Waals surface area (Å²) in [5, 5.41) is 2.81. The van der Waals surface area contributed by atoms with Crippen LogP contribution in [-0.4, -0.2) is 53.1 Å². The van der Waals surface area contributed by atoms with Crippen molar-refractivity contribution in [1.29, 1.82) is 0 Å². The molecule has 0 bridgehead atoms. The predicted molar refractivity (Wildman–Crippen MR) is 77.6 cm³/mol. The number of anilines is 3. The van der Waals surface area contributed by atoms with E-state index >= 15 is 0 Å². The van der Waals surface area contributed by atoms with Crippen molar-refractivity contribution < 1.29 is 4.79 Å². The van der Waals surface area contributed by atoms with Crippen LogP contribution in [0.3, 0.4) is 0 Å². The molecule has 2 rings (SSSR count). The fourth-order valence-electron chi connectivity index (χ4n) is 2.20. The van der Waals surface area contributed by atoms with Crippen molar-refractivity contribution in [2.45, 2.75) is 26.8 Å². The first-order chi connectivity index (χ1) is 9.56. The van der Waals surface area contributed by atoms with Gasteiger partial charge >= 0.3 is 0 Å². The third-order valence-electron chi connectivity index (χ3n) is 3.43. The van der Waals surface area contributed by atoms with Crippen LogP contribution in [0.5, 0.6) is 0 Å². The average molecular weight is 279 g/mol. The van der Waals surface area contributed by atoms with Gasteiger partial charge in [0.1, 0.15) is 6.04 Å². The molecule has 1 saturated heterocycles. The Balaban J connectivity index is 2.34. The summed E-state index contributed by atoms with van der Waals surface area (Å²) in [5.41, 5.74) is 5.78. The minimum absolute atomic E-state index is 0.0281. The number of carbonyl (C=O) groups excluding carboxylic acids is 1. The van der Waals surface area contributed by atoms with Crippen molar-refractivity contribution in [3.05, 3.63) is 0 Å². The Labute approximate surface area is 118 Å². The van der Waals surface area contributed by atoms with Crippen LogP contribution in [0.15, 0.2) is 0 Å². The van der Waals surface area contributed by atoms with E-state index in [2.05, 4.69) is 20.3 Å². The summed E-state index contributed by atoms with van der Waals surface area (Å²) in [6.07, 6.45) is 0. The molecular formula is C12H21N7O. The number of aromatic nitrogens is 3. The molecule has 1 amide bonds. The van der Waals surface area contributed by atoms with E-state index in [1.165, 1.54) is 0 Å². The van der Waals surface area contributed by atoms with Gasteiger partial charge in [-0.2, -0.15) is 15.0 Å². The lowest BCUT2D eigenvalue weighted by atomic mass is 10.2. The van der Waals surface area contributed by atoms with E-state index in [9.17, 15) is 4.79 Å². The van der Waals surface area contributed by atoms with Crippen LogP contribution in [0.25, 0.3) is 0 Å². The van der Waals surface area contributed by atoms with Crippen LogP contribution in [0.1, 0.15) is 20.8 Å². The highest BCUT2D eigenvalue weighted by atomic mass is 16.2. The highest BCUT2D eigenvalue weighted by Gasteiger charge is 2.28. The van der Waals surface area contributed by atoms with Crippen molar-refractivity contribution in [2.24, 2.45) is 0 Å². The van der Waals surface area contributed by atoms with Crippen molar-refractivity contribution in [2.75, 3.05) is 41.7 Å². The molecule has 0 radical (unpaired) electrons.